The molecule has 2 amide bonds. The van der Waals surface area contributed by atoms with Gasteiger partial charge >= 0.3 is 12.2 Å². The van der Waals surface area contributed by atoms with Gasteiger partial charge < -0.3 is 48.4 Å². The maximum atomic E-state index is 15.8. The van der Waals surface area contributed by atoms with Crippen LogP contribution in [0.1, 0.15) is 71.3 Å². The minimum Gasteiger partial charge on any atom is -0.465 e. The van der Waals surface area contributed by atoms with Gasteiger partial charge in [0, 0.05) is 64.8 Å². The molecule has 0 bridgehead atoms. The van der Waals surface area contributed by atoms with E-state index in [1.54, 1.807) is 74.5 Å². The fourth-order valence-electron chi connectivity index (χ4n) is 14.0. The Labute approximate surface area is 595 Å². The lowest BCUT2D eigenvalue weighted by atomic mass is 9.59. The van der Waals surface area contributed by atoms with E-state index in [9.17, 15) is 15.0 Å². The Balaban J connectivity index is 1.14. The van der Waals surface area contributed by atoms with Gasteiger partial charge in [0.25, 0.3) is 0 Å². The van der Waals surface area contributed by atoms with Crippen LogP contribution in [0.3, 0.4) is 0 Å². The van der Waals surface area contributed by atoms with Crippen molar-refractivity contribution in [3.05, 3.63) is 222 Å². The molecule has 14 rings (SSSR count). The molecular formula is C66H54Cl6F4N14O10. The van der Waals surface area contributed by atoms with E-state index in [1.165, 1.54) is 81.6 Å². The van der Waals surface area contributed by atoms with E-state index in [0.29, 0.717) is 11.1 Å². The van der Waals surface area contributed by atoms with Gasteiger partial charge in [-0.1, -0.05) is 141 Å². The number of ether oxygens (including phenoxy) is 6. The number of likely N-dealkylation sites (N-methyl/N-ethyl adjacent to an activating group) is 2. The molecule has 6 aromatic carbocycles. The third-order valence-corrected chi connectivity index (χ3v) is 20.1. The number of carboxylic acid groups (broad SMARTS) is 2. The smallest absolute Gasteiger partial charge is 0.407 e. The molecule has 4 aromatic heterocycles. The Kier molecular flexibility index (Phi) is 18.9. The average molecular weight is 1490 g/mol. The lowest BCUT2D eigenvalue weighted by Crippen LogP contribution is -2.74. The minimum atomic E-state index is -2.66. The van der Waals surface area contributed by atoms with Gasteiger partial charge in [-0.25, -0.2) is 55.8 Å². The van der Waals surface area contributed by atoms with Crippen LogP contribution in [-0.4, -0.2) is 156 Å². The number of fused-ring (bicyclic) bond motifs is 2. The largest absolute Gasteiger partial charge is 0.465 e. The quantitative estimate of drug-likeness (QED) is 0.0714. The molecule has 0 aliphatic carbocycles. The van der Waals surface area contributed by atoms with Crippen LogP contribution in [0.4, 0.5) is 27.2 Å². The van der Waals surface area contributed by atoms with Crippen LogP contribution in [0.2, 0.25) is 30.1 Å². The van der Waals surface area contributed by atoms with Crippen LogP contribution < -0.4 is 0 Å². The first-order valence-electron chi connectivity index (χ1n) is 30.7. The minimum absolute atomic E-state index is 0.0866. The first-order valence-corrected chi connectivity index (χ1v) is 33.0. The molecule has 518 valence electrons. The predicted octanol–water partition coefficient (Wildman–Crippen LogP) is 13.9. The van der Waals surface area contributed by atoms with Crippen molar-refractivity contribution in [1.29, 1.82) is 0 Å². The number of aromatic nitrogens is 12. The second-order valence-electron chi connectivity index (χ2n) is 24.3. The van der Waals surface area contributed by atoms with Crippen molar-refractivity contribution in [1.82, 2.24) is 69.3 Å². The van der Waals surface area contributed by atoms with Gasteiger partial charge in [0.05, 0.1) is 64.7 Å². The number of hydrogen-bond donors (Lipinski definition) is 2. The van der Waals surface area contributed by atoms with Crippen molar-refractivity contribution in [2.45, 2.75) is 80.7 Å². The molecule has 8 heterocycles. The Bertz CT molecular complexity index is 4460. The Hall–Kier alpha value is -8.36. The molecule has 2 N–H and O–H groups in total. The van der Waals surface area contributed by atoms with E-state index in [1.807, 2.05) is 0 Å². The van der Waals surface area contributed by atoms with E-state index < -0.39 is 131 Å². The fraction of sp³-hybridized carbons (Fsp3) is 0.303. The highest BCUT2D eigenvalue weighted by atomic mass is 35.5. The molecule has 0 saturated carbocycles. The molecule has 1 unspecified atom stereocenters. The average Bonchev–Trinajstić information content (AvgIpc) is 0.820. The summed E-state index contributed by atoms with van der Waals surface area (Å²) in [7, 11) is 2.41. The zero-order valence-electron chi connectivity index (χ0n) is 52.5. The fourth-order valence-corrected chi connectivity index (χ4v) is 15.0. The number of hydrogen-bond acceptors (Lipinski definition) is 16. The number of halogens is 10. The van der Waals surface area contributed by atoms with Gasteiger partial charge in [0.1, 0.15) is 93.0 Å². The standard InChI is InChI=1S/C66H54Cl6F4N14O10/c1-30-77-60(89(81-30)46-23-36(67)15-17-38(46)69)58-50(54(56-48(97-58)27-95-62(99-56)32-11-7-5-8-12-32)87-25-44(79-83-87)34-19-40(73)52(71)41(74)20-34)66(86(4)65(93)94,29-85(3)64(91)92)51-55(88-26-45(80-84-88)35-21-42(75)53(72)43(76)22-35)57-49(28-96-63(100-57)33-13-9-6-10-14-33)98-59(51)61-78-31(2)82-90(61)47-24-37(68)16-18-39(47)70/h5-26,48-51,54-59,62-63H,27-29H2,1-4H3,(H,91,92)(H,93,94)/t48-,49+,50+,51-,54+,55-,56+,57-,58+,59-,62+,63-,66?. The molecule has 10 aromatic rings. The summed E-state index contributed by atoms with van der Waals surface area (Å²) in [6, 6.07) is 27.2. The highest BCUT2D eigenvalue weighted by Crippen LogP contribution is 2.62. The maximum Gasteiger partial charge on any atom is 0.407 e. The van der Waals surface area contributed by atoms with Gasteiger partial charge in [-0.05, 0) is 74.5 Å². The summed E-state index contributed by atoms with van der Waals surface area (Å²) in [4.78, 5) is 41.9. The normalized spacial score (nSPS) is 24.3. The molecule has 100 heavy (non-hydrogen) atoms. The summed E-state index contributed by atoms with van der Waals surface area (Å²) in [5, 5.41) is 51.5. The van der Waals surface area contributed by atoms with Crippen LogP contribution in [0.5, 0.6) is 0 Å². The highest BCUT2D eigenvalue weighted by Gasteiger charge is 2.70. The zero-order chi connectivity index (χ0) is 70.3. The summed E-state index contributed by atoms with van der Waals surface area (Å²) in [6.45, 7) is 1.64. The first kappa shape index (κ1) is 68.8. The van der Waals surface area contributed by atoms with Crippen LogP contribution in [-0.2, 0) is 28.4 Å². The van der Waals surface area contributed by atoms with E-state index in [0.717, 1.165) is 34.1 Å². The van der Waals surface area contributed by atoms with Crippen LogP contribution in [0, 0.1) is 49.0 Å². The van der Waals surface area contributed by atoms with Gasteiger partial charge in [-0.15, -0.1) is 10.2 Å². The number of nitrogens with zero attached hydrogens (tertiary/aromatic N) is 14. The van der Waals surface area contributed by atoms with E-state index in [2.05, 4.69) is 10.2 Å². The number of benzene rings is 6. The van der Waals surface area contributed by atoms with Crippen LogP contribution in [0.15, 0.2) is 134 Å². The summed E-state index contributed by atoms with van der Waals surface area (Å²) >= 11 is 40.0. The van der Waals surface area contributed by atoms with Crippen molar-refractivity contribution in [3.63, 3.8) is 0 Å². The molecule has 24 nitrogen and oxygen atoms in total. The van der Waals surface area contributed by atoms with Crippen LogP contribution >= 0.6 is 69.6 Å². The van der Waals surface area contributed by atoms with E-state index in [-0.39, 0.29) is 90.5 Å². The van der Waals surface area contributed by atoms with Crippen molar-refractivity contribution in [2.75, 3.05) is 33.9 Å². The van der Waals surface area contributed by atoms with E-state index in [4.69, 9.17) is 129 Å². The van der Waals surface area contributed by atoms with Crippen molar-refractivity contribution >= 4 is 81.8 Å². The summed E-state index contributed by atoms with van der Waals surface area (Å²) < 4.78 is 111. The van der Waals surface area contributed by atoms with Gasteiger partial charge in [0.2, 0.25) is 0 Å². The second-order valence-corrected chi connectivity index (χ2v) is 26.7. The number of aryl methyl sites for hydroxylation is 2. The Morgan fingerprint density at radius 3 is 1.34 bits per heavy atom. The highest BCUT2D eigenvalue weighted by molar-refractivity contribution is 6.35. The predicted molar refractivity (Wildman–Crippen MR) is 352 cm³/mol. The third kappa shape index (κ3) is 12.6. The van der Waals surface area contributed by atoms with Gasteiger partial charge in [-0.3, -0.25) is 0 Å². The molecule has 34 heteroatoms. The lowest BCUT2D eigenvalue weighted by Gasteiger charge is -2.63. The number of rotatable bonds is 15. The lowest BCUT2D eigenvalue weighted by molar-refractivity contribution is -0.341. The second kappa shape index (κ2) is 27.5. The molecule has 0 spiro atoms. The molecule has 4 aliphatic rings. The third-order valence-electron chi connectivity index (χ3n) is 18.3. The van der Waals surface area contributed by atoms with E-state index >= 15 is 22.4 Å². The summed E-state index contributed by atoms with van der Waals surface area (Å²) in [5.41, 5.74) is -2.00. The monoisotopic (exact) mass is 1490 g/mol. The molecule has 4 fully saturated rings. The zero-order valence-corrected chi connectivity index (χ0v) is 57.0. The van der Waals surface area contributed by atoms with Crippen molar-refractivity contribution in [3.8, 4) is 33.9 Å². The SMILES string of the molecule is Cc1nc([C@H]2O[C@@H]3CO[C@H](c4ccccc4)O[C@@H]3[C@@H](n3cc(-c4cc(F)c(Cl)c(F)c4)nn3)[C@@H]2C(CN(C)C(=O)O)([C@@H]2[C@@H](n3cc(-c4cc(F)c(Cl)c(F)c4)nn3)[C@@H]3O[C@H](c4ccccc4)OC[C@@H]3O[C@H]2c2nc(C)nn2-c2cc(Cl)ccc2Cl)N(C)C(=O)O)n(-c2cc(Cl)ccc2Cl)n1. The number of amides is 2. The molecule has 4 saturated heterocycles. The molecular weight excluding hydrogens is 1440 g/mol. The van der Waals surface area contributed by atoms with Crippen molar-refractivity contribution < 1.29 is 65.8 Å². The maximum absolute atomic E-state index is 15.8. The number of carbonyl (C=O) groups is 2. The van der Waals surface area contributed by atoms with Crippen LogP contribution in [0.25, 0.3) is 33.9 Å². The molecule has 13 atom stereocenters. The Morgan fingerprint density at radius 1 is 0.560 bits per heavy atom. The molecule has 0 radical (unpaired) electrons. The topological polar surface area (TPSA) is 259 Å². The Morgan fingerprint density at radius 2 is 0.960 bits per heavy atom. The summed E-state index contributed by atoms with van der Waals surface area (Å²) in [5.74, 6) is -8.31. The van der Waals surface area contributed by atoms with Gasteiger partial charge in [0.15, 0.2) is 24.2 Å². The first-order chi connectivity index (χ1) is 47.9. The van der Waals surface area contributed by atoms with Crippen molar-refractivity contribution in [2.24, 2.45) is 11.8 Å². The summed E-state index contributed by atoms with van der Waals surface area (Å²) in [6.07, 6.45) is -12.0. The molecule has 4 aliphatic heterocycles. The van der Waals surface area contributed by atoms with Gasteiger partial charge in [-0.2, -0.15) is 10.2 Å².